The molecular weight excluding hydrogens is 416 g/mol. The molecule has 4 aliphatic rings. The number of anilines is 1. The van der Waals surface area contributed by atoms with Crippen molar-refractivity contribution >= 4 is 34.4 Å². The quantitative estimate of drug-likeness (QED) is 0.545. The number of aromatic nitrogens is 5. The average molecular weight is 439 g/mol. The standard InChI is InChI=1S/C22H23ClN6O2/c23-13-7-14-19(28-29-20(14)24-9-13)21-25-15(10-1-2-10)8-16(27-21)26-18-12-5-3-11(4-6-12)17(18)22(30)31/h7-12,17-18H,1-6H2,(H,30,31)(H,24,28,29)(H,25,26,27). The summed E-state index contributed by atoms with van der Waals surface area (Å²) in [4.78, 5) is 25.9. The van der Waals surface area contributed by atoms with Crippen molar-refractivity contribution in [3.63, 3.8) is 0 Å². The van der Waals surface area contributed by atoms with Crippen LogP contribution in [0.2, 0.25) is 5.02 Å². The van der Waals surface area contributed by atoms with E-state index in [-0.39, 0.29) is 17.9 Å². The average Bonchev–Trinajstić information content (AvgIpc) is 3.54. The van der Waals surface area contributed by atoms with Crippen molar-refractivity contribution in [2.75, 3.05) is 5.32 Å². The normalized spacial score (nSPS) is 27.5. The predicted molar refractivity (Wildman–Crippen MR) is 116 cm³/mol. The van der Waals surface area contributed by atoms with Crippen LogP contribution in [0.4, 0.5) is 5.82 Å². The van der Waals surface area contributed by atoms with Gasteiger partial charge in [-0.1, -0.05) is 11.6 Å². The Morgan fingerprint density at radius 2 is 1.87 bits per heavy atom. The Hall–Kier alpha value is -2.74. The molecule has 3 aromatic heterocycles. The molecule has 4 saturated carbocycles. The number of aromatic amines is 1. The van der Waals surface area contributed by atoms with Gasteiger partial charge in [-0.2, -0.15) is 5.10 Å². The van der Waals surface area contributed by atoms with E-state index in [9.17, 15) is 9.90 Å². The number of carbonyl (C=O) groups is 1. The molecule has 4 fully saturated rings. The smallest absolute Gasteiger partial charge is 0.308 e. The molecule has 3 N–H and O–H groups in total. The molecule has 3 heterocycles. The van der Waals surface area contributed by atoms with Gasteiger partial charge in [0.25, 0.3) is 0 Å². The molecule has 9 heteroatoms. The van der Waals surface area contributed by atoms with Gasteiger partial charge >= 0.3 is 5.97 Å². The summed E-state index contributed by atoms with van der Waals surface area (Å²) in [6.07, 6.45) is 7.96. The van der Waals surface area contributed by atoms with Gasteiger partial charge in [0, 0.05) is 29.9 Å². The van der Waals surface area contributed by atoms with Crippen molar-refractivity contribution in [1.82, 2.24) is 25.1 Å². The summed E-state index contributed by atoms with van der Waals surface area (Å²) in [6, 6.07) is 3.70. The van der Waals surface area contributed by atoms with Gasteiger partial charge in [0.05, 0.1) is 16.3 Å². The van der Waals surface area contributed by atoms with Crippen molar-refractivity contribution in [2.24, 2.45) is 17.8 Å². The second-order valence-electron chi connectivity index (χ2n) is 9.11. The van der Waals surface area contributed by atoms with Gasteiger partial charge in [-0.3, -0.25) is 9.89 Å². The molecule has 0 spiro atoms. The zero-order valence-corrected chi connectivity index (χ0v) is 17.6. The Bertz CT molecular complexity index is 1170. The number of aliphatic carboxylic acids is 1. The number of halogens is 1. The first-order chi connectivity index (χ1) is 15.1. The molecule has 160 valence electrons. The van der Waals surface area contributed by atoms with E-state index in [2.05, 4.69) is 20.5 Å². The number of hydrogen-bond acceptors (Lipinski definition) is 6. The second-order valence-corrected chi connectivity index (χ2v) is 9.54. The molecular formula is C22H23ClN6O2. The number of fused-ring (bicyclic) bond motifs is 4. The number of pyridine rings is 1. The first kappa shape index (κ1) is 19.0. The molecule has 8 nitrogen and oxygen atoms in total. The summed E-state index contributed by atoms with van der Waals surface area (Å²) in [5.41, 5.74) is 2.22. The summed E-state index contributed by atoms with van der Waals surface area (Å²) in [5.74, 6) is 1.19. The van der Waals surface area contributed by atoms with E-state index in [0.29, 0.717) is 39.8 Å². The van der Waals surface area contributed by atoms with Gasteiger partial charge in [0.1, 0.15) is 11.5 Å². The zero-order valence-electron chi connectivity index (χ0n) is 16.9. The third-order valence-electron chi connectivity index (χ3n) is 7.16. The number of nitrogens with one attached hydrogen (secondary N) is 2. The number of carboxylic acids is 1. The lowest BCUT2D eigenvalue weighted by Crippen LogP contribution is -2.51. The van der Waals surface area contributed by atoms with Gasteiger partial charge in [0.2, 0.25) is 0 Å². The maximum Gasteiger partial charge on any atom is 0.308 e. The first-order valence-corrected chi connectivity index (χ1v) is 11.3. The van der Waals surface area contributed by atoms with Gasteiger partial charge in [-0.05, 0) is 56.4 Å². The Kier molecular flexibility index (Phi) is 4.38. The van der Waals surface area contributed by atoms with Crippen LogP contribution in [0, 0.1) is 17.8 Å². The fraction of sp³-hybridized carbons (Fsp3) is 0.500. The molecule has 2 unspecified atom stereocenters. The largest absolute Gasteiger partial charge is 0.481 e. The molecule has 0 aliphatic heterocycles. The fourth-order valence-corrected chi connectivity index (χ4v) is 5.63. The lowest BCUT2D eigenvalue weighted by atomic mass is 9.61. The molecule has 2 bridgehead atoms. The molecule has 31 heavy (non-hydrogen) atoms. The lowest BCUT2D eigenvalue weighted by molar-refractivity contribution is -0.148. The Labute approximate surface area is 183 Å². The minimum absolute atomic E-state index is 0.102. The van der Waals surface area contributed by atoms with Crippen LogP contribution in [0.3, 0.4) is 0 Å². The first-order valence-electron chi connectivity index (χ1n) is 10.9. The van der Waals surface area contributed by atoms with Crippen molar-refractivity contribution in [3.05, 3.63) is 29.0 Å². The van der Waals surface area contributed by atoms with Crippen LogP contribution >= 0.6 is 11.6 Å². The van der Waals surface area contributed by atoms with Crippen molar-refractivity contribution < 1.29 is 9.90 Å². The number of H-pyrrole nitrogens is 1. The van der Waals surface area contributed by atoms with Crippen LogP contribution in [0.15, 0.2) is 18.3 Å². The monoisotopic (exact) mass is 438 g/mol. The van der Waals surface area contributed by atoms with E-state index >= 15 is 0 Å². The van der Waals surface area contributed by atoms with Crippen LogP contribution in [-0.4, -0.2) is 42.3 Å². The highest BCUT2D eigenvalue weighted by Gasteiger charge is 2.47. The SMILES string of the molecule is O=C(O)C1C2CCC(CC2)C1Nc1cc(C2CC2)nc(-c2[nH]nc3ncc(Cl)cc23)n1. The number of rotatable bonds is 5. The van der Waals surface area contributed by atoms with Crippen LogP contribution in [0.5, 0.6) is 0 Å². The Balaban J connectivity index is 1.40. The molecule has 0 amide bonds. The zero-order chi connectivity index (χ0) is 21.1. The molecule has 3 aromatic rings. The third kappa shape index (κ3) is 3.33. The topological polar surface area (TPSA) is 117 Å². The number of hydrogen-bond donors (Lipinski definition) is 3. The maximum absolute atomic E-state index is 12.1. The Morgan fingerprint density at radius 1 is 1.10 bits per heavy atom. The van der Waals surface area contributed by atoms with Crippen molar-refractivity contribution in [1.29, 1.82) is 0 Å². The predicted octanol–water partition coefficient (Wildman–Crippen LogP) is 4.25. The highest BCUT2D eigenvalue weighted by Crippen LogP contribution is 2.47. The van der Waals surface area contributed by atoms with E-state index in [1.165, 1.54) is 0 Å². The van der Waals surface area contributed by atoms with Crippen molar-refractivity contribution in [2.45, 2.75) is 50.5 Å². The summed E-state index contributed by atoms with van der Waals surface area (Å²) in [5, 5.41) is 22.0. The Morgan fingerprint density at radius 3 is 2.61 bits per heavy atom. The molecule has 0 aromatic carbocycles. The summed E-state index contributed by atoms with van der Waals surface area (Å²) in [7, 11) is 0. The minimum atomic E-state index is -0.705. The molecule has 0 saturated heterocycles. The van der Waals surface area contributed by atoms with E-state index in [0.717, 1.165) is 49.6 Å². The second kappa shape index (κ2) is 7.15. The number of carboxylic acid groups (broad SMARTS) is 1. The molecule has 0 radical (unpaired) electrons. The van der Waals surface area contributed by atoms with Crippen molar-refractivity contribution in [3.8, 4) is 11.5 Å². The number of nitrogens with zero attached hydrogens (tertiary/aromatic N) is 4. The van der Waals surface area contributed by atoms with E-state index < -0.39 is 5.97 Å². The summed E-state index contributed by atoms with van der Waals surface area (Å²) >= 11 is 6.16. The van der Waals surface area contributed by atoms with E-state index in [1.54, 1.807) is 6.20 Å². The highest BCUT2D eigenvalue weighted by atomic mass is 35.5. The summed E-state index contributed by atoms with van der Waals surface area (Å²) < 4.78 is 0. The maximum atomic E-state index is 12.1. The van der Waals surface area contributed by atoms with Crippen LogP contribution in [0.25, 0.3) is 22.6 Å². The summed E-state index contributed by atoms with van der Waals surface area (Å²) in [6.45, 7) is 0. The van der Waals surface area contributed by atoms with E-state index in [1.807, 2.05) is 12.1 Å². The van der Waals surface area contributed by atoms with Gasteiger partial charge in [0.15, 0.2) is 11.5 Å². The van der Waals surface area contributed by atoms with Gasteiger partial charge < -0.3 is 10.4 Å². The molecule has 2 atom stereocenters. The lowest BCUT2D eigenvalue weighted by Gasteiger charge is -2.47. The molecule has 4 aliphatic carbocycles. The third-order valence-corrected chi connectivity index (χ3v) is 7.37. The minimum Gasteiger partial charge on any atom is -0.481 e. The van der Waals surface area contributed by atoms with Crippen LogP contribution < -0.4 is 5.32 Å². The van der Waals surface area contributed by atoms with Gasteiger partial charge in [-0.15, -0.1) is 0 Å². The van der Waals surface area contributed by atoms with E-state index in [4.69, 9.17) is 21.6 Å². The van der Waals surface area contributed by atoms with Crippen LogP contribution in [-0.2, 0) is 4.79 Å². The van der Waals surface area contributed by atoms with Gasteiger partial charge in [-0.25, -0.2) is 15.0 Å². The van der Waals surface area contributed by atoms with Crippen LogP contribution in [0.1, 0.15) is 50.1 Å². The highest BCUT2D eigenvalue weighted by molar-refractivity contribution is 6.31. The fourth-order valence-electron chi connectivity index (χ4n) is 5.47. The molecule has 7 rings (SSSR count).